The highest BCUT2D eigenvalue weighted by atomic mass is 79.9. The third-order valence-corrected chi connectivity index (χ3v) is 4.11. The smallest absolute Gasteiger partial charge is 0.142 e. The van der Waals surface area contributed by atoms with E-state index in [1.807, 2.05) is 6.07 Å². The molecule has 0 bridgehead atoms. The first-order chi connectivity index (χ1) is 7.70. The second-order valence-corrected chi connectivity index (χ2v) is 5.42. The van der Waals surface area contributed by atoms with Crippen molar-refractivity contribution in [3.8, 4) is 0 Å². The molecule has 16 heavy (non-hydrogen) atoms. The van der Waals surface area contributed by atoms with Gasteiger partial charge in [0.1, 0.15) is 5.82 Å². The van der Waals surface area contributed by atoms with Gasteiger partial charge in [-0.3, -0.25) is 0 Å². The lowest BCUT2D eigenvalue weighted by molar-refractivity contribution is 0.303. The Bertz CT molecular complexity index is 361. The van der Waals surface area contributed by atoms with Crippen LogP contribution in [0.4, 0.5) is 4.39 Å². The third kappa shape index (κ3) is 2.46. The molecule has 0 spiro atoms. The van der Waals surface area contributed by atoms with Crippen molar-refractivity contribution in [3.63, 3.8) is 0 Å². The minimum atomic E-state index is -0.194. The molecular weight excluding hydrogens is 269 g/mol. The highest BCUT2D eigenvalue weighted by Gasteiger charge is 2.24. The monoisotopic (exact) mass is 285 g/mol. The van der Waals surface area contributed by atoms with E-state index in [9.17, 15) is 4.39 Å². The summed E-state index contributed by atoms with van der Waals surface area (Å²) in [7, 11) is 0. The van der Waals surface area contributed by atoms with E-state index in [0.29, 0.717) is 16.0 Å². The minimum absolute atomic E-state index is 0.155. The SMILES string of the molecule is NC(c1cccc(Br)c1F)C1CCCCC1. The van der Waals surface area contributed by atoms with Gasteiger partial charge in [0.05, 0.1) is 4.47 Å². The lowest BCUT2D eigenvalue weighted by atomic mass is 9.81. The van der Waals surface area contributed by atoms with Crippen LogP contribution < -0.4 is 5.73 Å². The molecule has 1 atom stereocenters. The van der Waals surface area contributed by atoms with Crippen molar-refractivity contribution in [2.24, 2.45) is 11.7 Å². The summed E-state index contributed by atoms with van der Waals surface area (Å²) in [5, 5.41) is 0. The maximum atomic E-state index is 13.9. The molecule has 88 valence electrons. The standard InChI is InChI=1S/C13H17BrFN/c14-11-8-4-7-10(12(11)15)13(16)9-5-2-1-3-6-9/h4,7-9,13H,1-3,5-6,16H2. The topological polar surface area (TPSA) is 26.0 Å². The van der Waals surface area contributed by atoms with Gasteiger partial charge in [0.2, 0.25) is 0 Å². The van der Waals surface area contributed by atoms with Crippen molar-refractivity contribution in [2.45, 2.75) is 38.1 Å². The van der Waals surface area contributed by atoms with Crippen LogP contribution in [0, 0.1) is 11.7 Å². The first-order valence-electron chi connectivity index (χ1n) is 5.89. The van der Waals surface area contributed by atoms with Crippen molar-refractivity contribution >= 4 is 15.9 Å². The van der Waals surface area contributed by atoms with E-state index < -0.39 is 0 Å². The predicted molar refractivity (Wildman–Crippen MR) is 67.6 cm³/mol. The normalized spacial score (nSPS) is 19.7. The molecule has 1 aromatic carbocycles. The van der Waals surface area contributed by atoms with Crippen LogP contribution in [-0.2, 0) is 0 Å². The van der Waals surface area contributed by atoms with Gasteiger partial charge in [0, 0.05) is 11.6 Å². The summed E-state index contributed by atoms with van der Waals surface area (Å²) in [6, 6.07) is 5.22. The summed E-state index contributed by atoms with van der Waals surface area (Å²) in [5.74, 6) is 0.248. The first-order valence-corrected chi connectivity index (χ1v) is 6.69. The zero-order valence-corrected chi connectivity index (χ0v) is 10.8. The summed E-state index contributed by atoms with van der Waals surface area (Å²) >= 11 is 3.21. The largest absolute Gasteiger partial charge is 0.324 e. The molecule has 0 saturated heterocycles. The summed E-state index contributed by atoms with van der Waals surface area (Å²) in [5.41, 5.74) is 6.83. The molecule has 0 aliphatic heterocycles. The summed E-state index contributed by atoms with van der Waals surface area (Å²) in [4.78, 5) is 0. The second kappa shape index (κ2) is 5.28. The molecule has 0 heterocycles. The molecule has 0 amide bonds. The molecular formula is C13H17BrFN. The molecule has 1 aliphatic rings. The van der Waals surface area contributed by atoms with E-state index in [1.54, 1.807) is 12.1 Å². The van der Waals surface area contributed by atoms with Crippen LogP contribution >= 0.6 is 15.9 Å². The maximum absolute atomic E-state index is 13.9. The molecule has 3 heteroatoms. The molecule has 1 nitrogen and oxygen atoms in total. The lowest BCUT2D eigenvalue weighted by Gasteiger charge is -2.28. The van der Waals surface area contributed by atoms with Crippen molar-refractivity contribution in [2.75, 3.05) is 0 Å². The first kappa shape index (κ1) is 12.1. The zero-order chi connectivity index (χ0) is 11.5. The van der Waals surface area contributed by atoms with Crippen molar-refractivity contribution < 1.29 is 4.39 Å². The molecule has 1 aliphatic carbocycles. The van der Waals surface area contributed by atoms with E-state index in [-0.39, 0.29) is 11.9 Å². The van der Waals surface area contributed by atoms with E-state index in [4.69, 9.17) is 5.73 Å². The lowest BCUT2D eigenvalue weighted by Crippen LogP contribution is -2.24. The average Bonchev–Trinajstić information content (AvgIpc) is 2.33. The molecule has 2 N–H and O–H groups in total. The van der Waals surface area contributed by atoms with Gasteiger partial charge in [-0.2, -0.15) is 0 Å². The highest BCUT2D eigenvalue weighted by molar-refractivity contribution is 9.10. The number of halogens is 2. The molecule has 1 fully saturated rings. The Labute approximate surface area is 104 Å². The maximum Gasteiger partial charge on any atom is 0.142 e. The van der Waals surface area contributed by atoms with Gasteiger partial charge in [0.25, 0.3) is 0 Å². The van der Waals surface area contributed by atoms with Gasteiger partial charge in [0.15, 0.2) is 0 Å². The van der Waals surface area contributed by atoms with Crippen LogP contribution in [0.2, 0.25) is 0 Å². The van der Waals surface area contributed by atoms with Crippen molar-refractivity contribution in [1.82, 2.24) is 0 Å². The Kier molecular flexibility index (Phi) is 3.98. The van der Waals surface area contributed by atoms with Crippen LogP contribution in [0.1, 0.15) is 43.7 Å². The fourth-order valence-corrected chi connectivity index (χ4v) is 2.91. The quantitative estimate of drug-likeness (QED) is 0.867. The van der Waals surface area contributed by atoms with Gasteiger partial charge in [-0.05, 0) is 40.8 Å². The van der Waals surface area contributed by atoms with Crippen LogP contribution in [0.15, 0.2) is 22.7 Å². The molecule has 0 radical (unpaired) electrons. The molecule has 1 aromatic rings. The minimum Gasteiger partial charge on any atom is -0.324 e. The molecule has 1 saturated carbocycles. The van der Waals surface area contributed by atoms with Gasteiger partial charge in [-0.25, -0.2) is 4.39 Å². The third-order valence-electron chi connectivity index (χ3n) is 3.50. The summed E-state index contributed by atoms with van der Waals surface area (Å²) < 4.78 is 14.4. The number of hydrogen-bond acceptors (Lipinski definition) is 1. The average molecular weight is 286 g/mol. The molecule has 2 rings (SSSR count). The Morgan fingerprint density at radius 3 is 2.62 bits per heavy atom. The van der Waals surface area contributed by atoms with Crippen LogP contribution in [0.5, 0.6) is 0 Å². The van der Waals surface area contributed by atoms with E-state index in [2.05, 4.69) is 15.9 Å². The molecule has 0 aromatic heterocycles. The van der Waals surface area contributed by atoms with Gasteiger partial charge < -0.3 is 5.73 Å². The van der Waals surface area contributed by atoms with Crippen molar-refractivity contribution in [3.05, 3.63) is 34.1 Å². The Hall–Kier alpha value is -0.410. The fourth-order valence-electron chi connectivity index (χ4n) is 2.53. The number of nitrogens with two attached hydrogens (primary N) is 1. The highest BCUT2D eigenvalue weighted by Crippen LogP contribution is 2.34. The van der Waals surface area contributed by atoms with Crippen molar-refractivity contribution in [1.29, 1.82) is 0 Å². The zero-order valence-electron chi connectivity index (χ0n) is 9.26. The van der Waals surface area contributed by atoms with Crippen LogP contribution in [-0.4, -0.2) is 0 Å². The fraction of sp³-hybridized carbons (Fsp3) is 0.538. The van der Waals surface area contributed by atoms with E-state index in [1.165, 1.54) is 19.3 Å². The Balaban J connectivity index is 2.19. The van der Waals surface area contributed by atoms with Gasteiger partial charge in [-0.1, -0.05) is 31.4 Å². The van der Waals surface area contributed by atoms with Crippen LogP contribution in [0.3, 0.4) is 0 Å². The van der Waals surface area contributed by atoms with Gasteiger partial charge >= 0.3 is 0 Å². The molecule has 1 unspecified atom stereocenters. The Morgan fingerprint density at radius 1 is 1.25 bits per heavy atom. The van der Waals surface area contributed by atoms with Crippen LogP contribution in [0.25, 0.3) is 0 Å². The number of rotatable bonds is 2. The number of hydrogen-bond donors (Lipinski definition) is 1. The van der Waals surface area contributed by atoms with E-state index in [0.717, 1.165) is 12.8 Å². The van der Waals surface area contributed by atoms with Gasteiger partial charge in [-0.15, -0.1) is 0 Å². The van der Waals surface area contributed by atoms with E-state index >= 15 is 0 Å². The summed E-state index contributed by atoms with van der Waals surface area (Å²) in [6.07, 6.45) is 6.02. The Morgan fingerprint density at radius 2 is 1.94 bits per heavy atom. The second-order valence-electron chi connectivity index (χ2n) is 4.57. The summed E-state index contributed by atoms with van der Waals surface area (Å²) in [6.45, 7) is 0. The predicted octanol–water partition coefficient (Wildman–Crippen LogP) is 4.17. The number of benzene rings is 1.